The highest BCUT2D eigenvalue weighted by atomic mass is 32.2. The Morgan fingerprint density at radius 3 is 2.46 bits per heavy atom. The number of thiazole rings is 1. The van der Waals surface area contributed by atoms with E-state index in [0.717, 1.165) is 31.6 Å². The molecule has 0 aliphatic carbocycles. The molecule has 152 valence electrons. The van der Waals surface area contributed by atoms with Crippen LogP contribution in [0, 0.1) is 0 Å². The summed E-state index contributed by atoms with van der Waals surface area (Å²) in [6.07, 6.45) is 3.95. The SMILES string of the molecule is CCN(CC)S(=O)(=O)c1ccc(N2CCCC2)c(C(=O)N=c2sccn2C)c1. The Labute approximate surface area is 170 Å². The second-order valence-electron chi connectivity index (χ2n) is 6.68. The Bertz CT molecular complexity index is 1010. The standard InChI is InChI=1S/C19H26N4O3S2/c1-4-23(5-2)28(25,26)15-8-9-17(22-10-6-7-11-22)16(14-15)18(24)20-19-21(3)12-13-27-19/h8-9,12-14H,4-7,10-11H2,1-3H3. The molecule has 1 aliphatic heterocycles. The van der Waals surface area contributed by atoms with E-state index in [0.29, 0.717) is 23.5 Å². The molecular weight excluding hydrogens is 396 g/mol. The summed E-state index contributed by atoms with van der Waals surface area (Å²) in [5.74, 6) is -0.420. The molecule has 1 aliphatic rings. The molecule has 0 bridgehead atoms. The third-order valence-electron chi connectivity index (χ3n) is 4.95. The Morgan fingerprint density at radius 2 is 1.89 bits per heavy atom. The van der Waals surface area contributed by atoms with E-state index in [2.05, 4.69) is 9.89 Å². The summed E-state index contributed by atoms with van der Waals surface area (Å²) in [7, 11) is -1.82. The van der Waals surface area contributed by atoms with Crippen molar-refractivity contribution in [3.8, 4) is 0 Å². The van der Waals surface area contributed by atoms with Gasteiger partial charge in [0.05, 0.1) is 10.5 Å². The van der Waals surface area contributed by atoms with Crippen molar-refractivity contribution in [3.05, 3.63) is 40.1 Å². The Morgan fingerprint density at radius 1 is 1.21 bits per heavy atom. The lowest BCUT2D eigenvalue weighted by molar-refractivity contribution is 0.0998. The molecule has 2 heterocycles. The van der Waals surface area contributed by atoms with Gasteiger partial charge in [-0.3, -0.25) is 4.79 Å². The molecule has 1 aromatic carbocycles. The van der Waals surface area contributed by atoms with E-state index < -0.39 is 15.9 Å². The number of hydrogen-bond donors (Lipinski definition) is 0. The van der Waals surface area contributed by atoms with Crippen LogP contribution in [0.2, 0.25) is 0 Å². The lowest BCUT2D eigenvalue weighted by atomic mass is 10.1. The van der Waals surface area contributed by atoms with Gasteiger partial charge in [-0.2, -0.15) is 9.30 Å². The zero-order chi connectivity index (χ0) is 20.3. The molecule has 28 heavy (non-hydrogen) atoms. The van der Waals surface area contributed by atoms with Gasteiger partial charge in [-0.25, -0.2) is 8.42 Å². The molecule has 1 fully saturated rings. The fourth-order valence-electron chi connectivity index (χ4n) is 3.38. The average molecular weight is 423 g/mol. The maximum atomic E-state index is 13.0. The number of sulfonamides is 1. The van der Waals surface area contributed by atoms with E-state index in [1.54, 1.807) is 30.5 Å². The van der Waals surface area contributed by atoms with Crippen molar-refractivity contribution < 1.29 is 13.2 Å². The first-order chi connectivity index (χ1) is 13.4. The van der Waals surface area contributed by atoms with Crippen molar-refractivity contribution in [2.75, 3.05) is 31.1 Å². The molecule has 0 unspecified atom stereocenters. The second-order valence-corrected chi connectivity index (χ2v) is 9.49. The van der Waals surface area contributed by atoms with Crippen molar-refractivity contribution in [1.29, 1.82) is 0 Å². The third kappa shape index (κ3) is 4.06. The van der Waals surface area contributed by atoms with Gasteiger partial charge in [0.15, 0.2) is 4.80 Å². The summed E-state index contributed by atoms with van der Waals surface area (Å²) in [5.41, 5.74) is 1.09. The molecule has 0 spiro atoms. The van der Waals surface area contributed by atoms with Gasteiger partial charge < -0.3 is 9.47 Å². The van der Waals surface area contributed by atoms with E-state index in [-0.39, 0.29) is 4.90 Å². The quantitative estimate of drug-likeness (QED) is 0.717. The lowest BCUT2D eigenvalue weighted by Gasteiger charge is -2.22. The Kier molecular flexibility index (Phi) is 6.36. The van der Waals surface area contributed by atoms with Crippen molar-refractivity contribution >= 4 is 33.0 Å². The van der Waals surface area contributed by atoms with Gasteiger partial charge >= 0.3 is 0 Å². The van der Waals surface area contributed by atoms with E-state index in [9.17, 15) is 13.2 Å². The average Bonchev–Trinajstić information content (AvgIpc) is 3.34. The minimum Gasteiger partial charge on any atom is -0.371 e. The molecule has 9 heteroatoms. The molecule has 1 saturated heterocycles. The van der Waals surface area contributed by atoms with Gasteiger partial charge in [0, 0.05) is 50.5 Å². The van der Waals surface area contributed by atoms with Crippen molar-refractivity contribution in [3.63, 3.8) is 0 Å². The maximum absolute atomic E-state index is 13.0. The number of hydrogen-bond acceptors (Lipinski definition) is 5. The Balaban J connectivity index is 2.11. The number of anilines is 1. The monoisotopic (exact) mass is 422 g/mol. The molecule has 1 aromatic heterocycles. The van der Waals surface area contributed by atoms with Crippen LogP contribution >= 0.6 is 11.3 Å². The van der Waals surface area contributed by atoms with Gasteiger partial charge in [0.25, 0.3) is 5.91 Å². The highest BCUT2D eigenvalue weighted by Crippen LogP contribution is 2.29. The van der Waals surface area contributed by atoms with Gasteiger partial charge in [-0.15, -0.1) is 11.3 Å². The molecule has 2 aromatic rings. The number of aromatic nitrogens is 1. The lowest BCUT2D eigenvalue weighted by Crippen LogP contribution is -2.31. The first-order valence-electron chi connectivity index (χ1n) is 9.46. The van der Waals surface area contributed by atoms with Crippen molar-refractivity contribution in [1.82, 2.24) is 8.87 Å². The fourth-order valence-corrected chi connectivity index (χ4v) is 5.59. The van der Waals surface area contributed by atoms with Crippen LogP contribution in [-0.4, -0.2) is 49.4 Å². The zero-order valence-electron chi connectivity index (χ0n) is 16.5. The molecule has 0 N–H and O–H groups in total. The van der Waals surface area contributed by atoms with Crippen LogP contribution in [0.15, 0.2) is 39.7 Å². The molecule has 3 rings (SSSR count). The largest absolute Gasteiger partial charge is 0.371 e. The molecule has 0 atom stereocenters. The normalized spacial score (nSPS) is 15.6. The molecule has 0 radical (unpaired) electrons. The van der Waals surface area contributed by atoms with Crippen LogP contribution in [0.3, 0.4) is 0 Å². The summed E-state index contributed by atoms with van der Waals surface area (Å²) < 4.78 is 29.0. The minimum atomic E-state index is -3.65. The number of aryl methyl sites for hydroxylation is 1. The summed E-state index contributed by atoms with van der Waals surface area (Å²) in [6.45, 7) is 6.08. The van der Waals surface area contributed by atoms with Crippen molar-refractivity contribution in [2.24, 2.45) is 12.0 Å². The Hall–Kier alpha value is -1.97. The van der Waals surface area contributed by atoms with Gasteiger partial charge in [-0.1, -0.05) is 13.8 Å². The molecule has 0 saturated carbocycles. The van der Waals surface area contributed by atoms with Crippen LogP contribution in [-0.2, 0) is 17.1 Å². The molecule has 7 nitrogen and oxygen atoms in total. The zero-order valence-corrected chi connectivity index (χ0v) is 18.1. The predicted molar refractivity (Wildman–Crippen MR) is 111 cm³/mol. The van der Waals surface area contributed by atoms with E-state index in [4.69, 9.17) is 0 Å². The highest BCUT2D eigenvalue weighted by Gasteiger charge is 2.26. The van der Waals surface area contributed by atoms with Gasteiger partial charge in [-0.05, 0) is 31.0 Å². The number of nitrogens with zero attached hydrogens (tertiary/aromatic N) is 4. The first-order valence-corrected chi connectivity index (χ1v) is 11.8. The second kappa shape index (κ2) is 8.59. The first kappa shape index (κ1) is 20.8. The summed E-state index contributed by atoms with van der Waals surface area (Å²) in [5, 5.41) is 1.86. The van der Waals surface area contributed by atoms with Crippen LogP contribution in [0.5, 0.6) is 0 Å². The van der Waals surface area contributed by atoms with Crippen LogP contribution in [0.25, 0.3) is 0 Å². The smallest absolute Gasteiger partial charge is 0.281 e. The number of rotatable bonds is 6. The number of carbonyl (C=O) groups is 1. The van der Waals surface area contributed by atoms with E-state index in [1.165, 1.54) is 21.7 Å². The van der Waals surface area contributed by atoms with Crippen LogP contribution < -0.4 is 9.70 Å². The van der Waals surface area contributed by atoms with E-state index in [1.807, 2.05) is 18.6 Å². The number of amides is 1. The van der Waals surface area contributed by atoms with Crippen LogP contribution in [0.1, 0.15) is 37.0 Å². The van der Waals surface area contributed by atoms with Gasteiger partial charge in [0.1, 0.15) is 0 Å². The summed E-state index contributed by atoms with van der Waals surface area (Å²) in [4.78, 5) is 20.1. The van der Waals surface area contributed by atoms with Crippen molar-refractivity contribution in [2.45, 2.75) is 31.6 Å². The summed E-state index contributed by atoms with van der Waals surface area (Å²) in [6, 6.07) is 4.84. The van der Waals surface area contributed by atoms with Crippen LogP contribution in [0.4, 0.5) is 5.69 Å². The summed E-state index contributed by atoms with van der Waals surface area (Å²) >= 11 is 1.37. The van der Waals surface area contributed by atoms with Gasteiger partial charge in [0.2, 0.25) is 10.0 Å². The minimum absolute atomic E-state index is 0.133. The fraction of sp³-hybridized carbons (Fsp3) is 0.474. The molecular formula is C19H26N4O3S2. The topological polar surface area (TPSA) is 75.0 Å². The number of benzene rings is 1. The highest BCUT2D eigenvalue weighted by molar-refractivity contribution is 7.89. The maximum Gasteiger partial charge on any atom is 0.281 e. The molecule has 1 amide bonds. The van der Waals surface area contributed by atoms with E-state index >= 15 is 0 Å². The third-order valence-corrected chi connectivity index (χ3v) is 7.84. The number of carbonyl (C=O) groups excluding carboxylic acids is 1. The predicted octanol–water partition coefficient (Wildman–Crippen LogP) is 2.46.